The minimum absolute atomic E-state index is 0.201. The Labute approximate surface area is 162 Å². The molecule has 0 saturated heterocycles. The van der Waals surface area contributed by atoms with E-state index in [0.29, 0.717) is 21.6 Å². The smallest absolute Gasteiger partial charge is 0.213 e. The van der Waals surface area contributed by atoms with Crippen molar-refractivity contribution in [1.29, 1.82) is 0 Å². The van der Waals surface area contributed by atoms with Crippen molar-refractivity contribution < 1.29 is 4.74 Å². The summed E-state index contributed by atoms with van der Waals surface area (Å²) < 4.78 is 8.61. The van der Waals surface area contributed by atoms with Crippen molar-refractivity contribution >= 4 is 23.8 Å². The Hall–Kier alpha value is -2.18. The van der Waals surface area contributed by atoms with E-state index in [1.54, 1.807) is 6.20 Å². The monoisotopic (exact) mass is 386 g/mol. The van der Waals surface area contributed by atoms with Crippen LogP contribution in [-0.2, 0) is 0 Å². The fraction of sp³-hybridized carbons (Fsp3) is 0.316. The van der Waals surface area contributed by atoms with Gasteiger partial charge in [-0.25, -0.2) is 4.98 Å². The summed E-state index contributed by atoms with van der Waals surface area (Å²) >= 11 is 11.5. The number of H-pyrrole nitrogens is 1. The summed E-state index contributed by atoms with van der Waals surface area (Å²) in [7, 11) is 0. The molecule has 1 aromatic carbocycles. The van der Waals surface area contributed by atoms with Gasteiger partial charge in [-0.3, -0.25) is 9.67 Å². The van der Waals surface area contributed by atoms with E-state index in [0.717, 1.165) is 37.2 Å². The first-order valence-corrected chi connectivity index (χ1v) is 9.50. The van der Waals surface area contributed by atoms with E-state index >= 15 is 0 Å². The molecule has 3 aromatic rings. The van der Waals surface area contributed by atoms with Crippen molar-refractivity contribution in [2.45, 2.75) is 37.7 Å². The van der Waals surface area contributed by atoms with Crippen molar-refractivity contribution in [1.82, 2.24) is 19.7 Å². The first-order valence-electron chi connectivity index (χ1n) is 8.71. The first kappa shape index (κ1) is 17.2. The average Bonchev–Trinajstić information content (AvgIpc) is 3.05. The highest BCUT2D eigenvalue weighted by Crippen LogP contribution is 2.34. The molecule has 7 heteroatoms. The molecule has 0 amide bonds. The van der Waals surface area contributed by atoms with E-state index in [-0.39, 0.29) is 6.10 Å². The summed E-state index contributed by atoms with van der Waals surface area (Å²) in [6.45, 7) is 0. The summed E-state index contributed by atoms with van der Waals surface area (Å²) in [6, 6.07) is 13.4. The molecule has 1 fully saturated rings. The van der Waals surface area contributed by atoms with Crippen molar-refractivity contribution in [2.24, 2.45) is 0 Å². The largest absolute Gasteiger partial charge is 0.474 e. The lowest BCUT2D eigenvalue weighted by molar-refractivity contribution is 0.139. The molecule has 5 nitrogen and oxygen atoms in total. The number of hydrogen-bond donors (Lipinski definition) is 1. The van der Waals surface area contributed by atoms with E-state index in [2.05, 4.69) is 15.2 Å². The summed E-state index contributed by atoms with van der Waals surface area (Å²) in [5.41, 5.74) is 0.981. The minimum atomic E-state index is 0.201. The zero-order chi connectivity index (χ0) is 17.9. The number of benzene rings is 1. The van der Waals surface area contributed by atoms with Gasteiger partial charge < -0.3 is 4.74 Å². The Morgan fingerprint density at radius 3 is 2.54 bits per heavy atom. The predicted molar refractivity (Wildman–Crippen MR) is 104 cm³/mol. The third kappa shape index (κ3) is 3.66. The molecule has 2 aromatic heterocycles. The Morgan fingerprint density at radius 2 is 1.85 bits per heavy atom. The van der Waals surface area contributed by atoms with Gasteiger partial charge in [0.15, 0.2) is 4.77 Å². The topological polar surface area (TPSA) is 55.7 Å². The van der Waals surface area contributed by atoms with Crippen LogP contribution in [0, 0.1) is 4.77 Å². The molecule has 134 valence electrons. The Balaban J connectivity index is 1.48. The molecule has 1 aliphatic rings. The number of pyridine rings is 1. The van der Waals surface area contributed by atoms with Crippen molar-refractivity contribution in [3.63, 3.8) is 0 Å². The fourth-order valence-electron chi connectivity index (χ4n) is 3.45. The van der Waals surface area contributed by atoms with Crippen LogP contribution >= 0.6 is 23.8 Å². The van der Waals surface area contributed by atoms with E-state index in [1.165, 1.54) is 0 Å². The van der Waals surface area contributed by atoms with Crippen molar-refractivity contribution in [3.05, 3.63) is 64.3 Å². The third-order valence-corrected chi connectivity index (χ3v) is 5.27. The molecule has 0 unspecified atom stereocenters. The van der Waals surface area contributed by atoms with Crippen LogP contribution in [0.4, 0.5) is 0 Å². The maximum absolute atomic E-state index is 6.01. The highest BCUT2D eigenvalue weighted by molar-refractivity contribution is 7.71. The predicted octanol–water partition coefficient (Wildman–Crippen LogP) is 5.08. The standard InChI is InChI=1S/C19H19ClN4OS/c20-14-6-8-15(9-7-14)24-18(22-23-19(24)26)13-4-10-16(11-5-13)25-17-3-1-2-12-21-17/h1-3,6-9,12-13,16H,4-5,10-11H2,(H,23,26). The molecule has 1 aliphatic carbocycles. The second-order valence-electron chi connectivity index (χ2n) is 6.46. The summed E-state index contributed by atoms with van der Waals surface area (Å²) in [5, 5.41) is 8.15. The fourth-order valence-corrected chi connectivity index (χ4v) is 3.82. The quantitative estimate of drug-likeness (QED) is 0.635. The van der Waals surface area contributed by atoms with E-state index in [4.69, 9.17) is 28.6 Å². The molecular formula is C19H19ClN4OS. The zero-order valence-corrected chi connectivity index (χ0v) is 15.7. The van der Waals surface area contributed by atoms with Gasteiger partial charge in [0.1, 0.15) is 11.9 Å². The molecule has 0 radical (unpaired) electrons. The molecular weight excluding hydrogens is 368 g/mol. The number of halogens is 1. The number of nitrogens with zero attached hydrogens (tertiary/aromatic N) is 3. The number of hydrogen-bond acceptors (Lipinski definition) is 4. The number of ether oxygens (including phenoxy) is 1. The SMILES string of the molecule is S=c1[nH]nc(C2CCC(Oc3ccccn3)CC2)n1-c1ccc(Cl)cc1. The molecule has 26 heavy (non-hydrogen) atoms. The van der Waals surface area contributed by atoms with Gasteiger partial charge >= 0.3 is 0 Å². The maximum atomic E-state index is 6.01. The third-order valence-electron chi connectivity index (χ3n) is 4.75. The molecule has 0 aliphatic heterocycles. The van der Waals surface area contributed by atoms with E-state index < -0.39 is 0 Å². The molecule has 1 N–H and O–H groups in total. The van der Waals surface area contributed by atoms with Crippen LogP contribution in [0.2, 0.25) is 5.02 Å². The number of aromatic amines is 1. The lowest BCUT2D eigenvalue weighted by Crippen LogP contribution is -2.25. The maximum Gasteiger partial charge on any atom is 0.213 e. The normalized spacial score (nSPS) is 20.0. The zero-order valence-electron chi connectivity index (χ0n) is 14.1. The van der Waals surface area contributed by atoms with Crippen molar-refractivity contribution in [2.75, 3.05) is 0 Å². The number of aromatic nitrogens is 4. The lowest BCUT2D eigenvalue weighted by Gasteiger charge is -2.28. The highest BCUT2D eigenvalue weighted by Gasteiger charge is 2.27. The Morgan fingerprint density at radius 1 is 1.08 bits per heavy atom. The lowest BCUT2D eigenvalue weighted by atomic mass is 9.86. The Bertz CT molecular complexity index is 915. The van der Waals surface area contributed by atoms with Gasteiger partial charge in [-0.2, -0.15) is 5.10 Å². The molecule has 2 heterocycles. The molecule has 0 spiro atoms. The van der Waals surface area contributed by atoms with Crippen LogP contribution in [0.3, 0.4) is 0 Å². The van der Waals surface area contributed by atoms with Crippen LogP contribution in [0.1, 0.15) is 37.4 Å². The highest BCUT2D eigenvalue weighted by atomic mass is 35.5. The van der Waals surface area contributed by atoms with Gasteiger partial charge in [0, 0.05) is 28.9 Å². The Kier molecular flexibility index (Phi) is 5.04. The molecule has 0 bridgehead atoms. The van der Waals surface area contributed by atoms with Gasteiger partial charge in [0.25, 0.3) is 0 Å². The summed E-state index contributed by atoms with van der Waals surface area (Å²) in [4.78, 5) is 4.25. The van der Waals surface area contributed by atoms with Crippen LogP contribution in [0.15, 0.2) is 48.7 Å². The summed E-state index contributed by atoms with van der Waals surface area (Å²) in [6.07, 6.45) is 5.91. The number of rotatable bonds is 4. The van der Waals surface area contributed by atoms with Crippen LogP contribution in [-0.4, -0.2) is 25.9 Å². The van der Waals surface area contributed by atoms with Crippen LogP contribution < -0.4 is 4.74 Å². The second-order valence-corrected chi connectivity index (χ2v) is 7.28. The molecule has 1 saturated carbocycles. The van der Waals surface area contributed by atoms with Gasteiger partial charge in [-0.15, -0.1) is 0 Å². The molecule has 0 atom stereocenters. The van der Waals surface area contributed by atoms with Gasteiger partial charge in [0.05, 0.1) is 0 Å². The van der Waals surface area contributed by atoms with Crippen molar-refractivity contribution in [3.8, 4) is 11.6 Å². The van der Waals surface area contributed by atoms with Crippen LogP contribution in [0.25, 0.3) is 5.69 Å². The van der Waals surface area contributed by atoms with Crippen LogP contribution in [0.5, 0.6) is 5.88 Å². The average molecular weight is 387 g/mol. The molecule has 4 rings (SSSR count). The van der Waals surface area contributed by atoms with Gasteiger partial charge in [0.2, 0.25) is 5.88 Å². The second kappa shape index (κ2) is 7.60. The van der Waals surface area contributed by atoms with E-state index in [1.807, 2.05) is 47.0 Å². The number of nitrogens with one attached hydrogen (secondary N) is 1. The van der Waals surface area contributed by atoms with E-state index in [9.17, 15) is 0 Å². The summed E-state index contributed by atoms with van der Waals surface area (Å²) in [5.74, 6) is 2.02. The van der Waals surface area contributed by atoms with Gasteiger partial charge in [-0.1, -0.05) is 17.7 Å². The minimum Gasteiger partial charge on any atom is -0.474 e. The van der Waals surface area contributed by atoms with Gasteiger partial charge in [-0.05, 0) is 68.2 Å². The first-order chi connectivity index (χ1) is 12.7.